The number of amides is 2. The van der Waals surface area contributed by atoms with Crippen molar-refractivity contribution in [1.29, 1.82) is 0 Å². The Kier molecular flexibility index (Phi) is 6.87. The van der Waals surface area contributed by atoms with E-state index in [1.54, 1.807) is 20.8 Å². The van der Waals surface area contributed by atoms with Crippen molar-refractivity contribution in [1.82, 2.24) is 10.2 Å². The second kappa shape index (κ2) is 9.67. The summed E-state index contributed by atoms with van der Waals surface area (Å²) in [4.78, 5) is 32.9. The van der Waals surface area contributed by atoms with Crippen molar-refractivity contribution in [2.45, 2.75) is 81.9 Å². The molecule has 10 heteroatoms. The van der Waals surface area contributed by atoms with Gasteiger partial charge in [-0.25, -0.2) is 13.2 Å². The van der Waals surface area contributed by atoms with Crippen LogP contribution in [0.2, 0.25) is 0 Å². The van der Waals surface area contributed by atoms with Crippen LogP contribution >= 0.6 is 11.8 Å². The molecule has 0 aromatic heterocycles. The number of hydrogen-bond acceptors (Lipinski definition) is 6. The standard InChI is InChI=1S/C26H35N3O5S2/c1-26(2,3)34-25(31)27-19(12-16-7-5-4-6-8-16)23(30)28-24-29(20-13-17-9-10-18(20)11-17)21-14-36(32,33)15-22(21)35-24/h4-8,17-22H,9-15H2,1-3H3,(H,27,31). The van der Waals surface area contributed by atoms with Gasteiger partial charge in [-0.1, -0.05) is 48.5 Å². The molecule has 2 bridgehead atoms. The van der Waals surface area contributed by atoms with E-state index in [9.17, 15) is 18.0 Å². The first-order chi connectivity index (χ1) is 17.0. The average molecular weight is 534 g/mol. The predicted molar refractivity (Wildman–Crippen MR) is 141 cm³/mol. The van der Waals surface area contributed by atoms with Gasteiger partial charge >= 0.3 is 6.09 Å². The molecule has 6 unspecified atom stereocenters. The van der Waals surface area contributed by atoms with E-state index in [0.717, 1.165) is 18.4 Å². The third kappa shape index (κ3) is 5.59. The largest absolute Gasteiger partial charge is 0.444 e. The predicted octanol–water partition coefficient (Wildman–Crippen LogP) is 3.41. The van der Waals surface area contributed by atoms with Gasteiger partial charge in [0.25, 0.3) is 5.91 Å². The number of rotatable bonds is 5. The summed E-state index contributed by atoms with van der Waals surface area (Å²) in [6, 6.07) is 8.71. The van der Waals surface area contributed by atoms with Crippen LogP contribution in [0.1, 0.15) is 52.0 Å². The van der Waals surface area contributed by atoms with Gasteiger partial charge in [0.2, 0.25) is 0 Å². The van der Waals surface area contributed by atoms with Crippen molar-refractivity contribution in [3.8, 4) is 0 Å². The number of carbonyl (C=O) groups is 2. The van der Waals surface area contributed by atoms with Crippen molar-refractivity contribution in [2.24, 2.45) is 16.8 Å². The number of nitrogens with one attached hydrogen (secondary N) is 1. The molecule has 2 heterocycles. The normalized spacial score (nSPS) is 32.5. The minimum absolute atomic E-state index is 0.105. The van der Waals surface area contributed by atoms with Crippen LogP contribution in [0.25, 0.3) is 0 Å². The average Bonchev–Trinajstić information content (AvgIpc) is 3.52. The van der Waals surface area contributed by atoms with Gasteiger partial charge < -0.3 is 15.0 Å². The number of thioether (sulfide) groups is 1. The van der Waals surface area contributed by atoms with Crippen LogP contribution in [0.15, 0.2) is 35.3 Å². The van der Waals surface area contributed by atoms with E-state index in [1.165, 1.54) is 24.6 Å². The van der Waals surface area contributed by atoms with Crippen LogP contribution in [0.5, 0.6) is 0 Å². The van der Waals surface area contributed by atoms with Gasteiger partial charge in [0.05, 0.1) is 17.5 Å². The fourth-order valence-corrected chi connectivity index (χ4v) is 10.2. The number of amidine groups is 1. The second-order valence-electron chi connectivity index (χ2n) is 11.6. The van der Waals surface area contributed by atoms with Crippen molar-refractivity contribution in [2.75, 3.05) is 11.5 Å². The number of fused-ring (bicyclic) bond motifs is 3. The Morgan fingerprint density at radius 2 is 1.89 bits per heavy atom. The Morgan fingerprint density at radius 3 is 2.53 bits per heavy atom. The molecular weight excluding hydrogens is 498 g/mol. The zero-order valence-corrected chi connectivity index (χ0v) is 22.7. The third-order valence-corrected chi connectivity index (χ3v) is 10.9. The molecule has 1 N–H and O–H groups in total. The minimum atomic E-state index is -3.10. The number of benzene rings is 1. The van der Waals surface area contributed by atoms with Gasteiger partial charge in [0.1, 0.15) is 11.6 Å². The van der Waals surface area contributed by atoms with Crippen molar-refractivity contribution in [3.05, 3.63) is 35.9 Å². The number of ether oxygens (including phenoxy) is 1. The highest BCUT2D eigenvalue weighted by Crippen LogP contribution is 2.51. The molecule has 4 fully saturated rings. The zero-order valence-electron chi connectivity index (χ0n) is 21.1. The Morgan fingerprint density at radius 1 is 1.14 bits per heavy atom. The molecule has 0 radical (unpaired) electrons. The minimum Gasteiger partial charge on any atom is -0.444 e. The van der Waals surface area contributed by atoms with Gasteiger partial charge in [-0.2, -0.15) is 4.99 Å². The summed E-state index contributed by atoms with van der Waals surface area (Å²) in [5.41, 5.74) is 0.207. The first-order valence-corrected chi connectivity index (χ1v) is 15.5. The first-order valence-electron chi connectivity index (χ1n) is 12.8. The maximum Gasteiger partial charge on any atom is 0.408 e. The number of nitrogens with zero attached hydrogens (tertiary/aromatic N) is 2. The lowest BCUT2D eigenvalue weighted by molar-refractivity contribution is -0.119. The fraction of sp³-hybridized carbons (Fsp3) is 0.654. The molecular formula is C26H35N3O5S2. The molecule has 6 atom stereocenters. The molecule has 5 rings (SSSR count). The van der Waals surface area contributed by atoms with Crippen LogP contribution < -0.4 is 5.32 Å². The maximum atomic E-state index is 13.6. The second-order valence-corrected chi connectivity index (χ2v) is 14.9. The summed E-state index contributed by atoms with van der Waals surface area (Å²) in [6.07, 6.45) is 4.22. The molecule has 8 nitrogen and oxygen atoms in total. The quantitative estimate of drug-likeness (QED) is 0.618. The maximum absolute atomic E-state index is 13.6. The van der Waals surface area contributed by atoms with E-state index in [-0.39, 0.29) is 35.3 Å². The van der Waals surface area contributed by atoms with Gasteiger partial charge in [0, 0.05) is 17.7 Å². The number of alkyl carbamates (subject to hydrolysis) is 1. The van der Waals surface area contributed by atoms with E-state index >= 15 is 0 Å². The van der Waals surface area contributed by atoms with Crippen molar-refractivity contribution >= 4 is 38.8 Å². The highest BCUT2D eigenvalue weighted by molar-refractivity contribution is 8.15. The number of sulfone groups is 1. The molecule has 2 aliphatic heterocycles. The molecule has 1 aromatic carbocycles. The lowest BCUT2D eigenvalue weighted by Gasteiger charge is -2.36. The molecule has 2 saturated carbocycles. The summed E-state index contributed by atoms with van der Waals surface area (Å²) in [5, 5.41) is 3.24. The molecule has 196 valence electrons. The lowest BCUT2D eigenvalue weighted by atomic mass is 9.93. The Balaban J connectivity index is 1.41. The topological polar surface area (TPSA) is 105 Å². The zero-order chi connectivity index (χ0) is 25.7. The Labute approximate surface area is 217 Å². The van der Waals surface area contributed by atoms with Gasteiger partial charge in [-0.05, 0) is 57.4 Å². The van der Waals surface area contributed by atoms with Crippen LogP contribution in [0.3, 0.4) is 0 Å². The highest BCUT2D eigenvalue weighted by Gasteiger charge is 2.54. The summed E-state index contributed by atoms with van der Waals surface area (Å²) in [5.74, 6) is 1.01. The van der Waals surface area contributed by atoms with Crippen LogP contribution in [0, 0.1) is 11.8 Å². The third-order valence-electron chi connectivity index (χ3n) is 7.64. The summed E-state index contributed by atoms with van der Waals surface area (Å²) >= 11 is 1.42. The first kappa shape index (κ1) is 25.6. The SMILES string of the molecule is CC(C)(C)OC(=O)NC(Cc1ccccc1)C(=O)N=C1SC2CS(=O)(=O)CC2N1C1CC2CCC1C2. The lowest BCUT2D eigenvalue weighted by Crippen LogP contribution is -2.48. The smallest absolute Gasteiger partial charge is 0.408 e. The van der Waals surface area contributed by atoms with E-state index < -0.39 is 33.5 Å². The molecule has 2 saturated heterocycles. The van der Waals surface area contributed by atoms with Crippen LogP contribution in [0.4, 0.5) is 4.79 Å². The highest BCUT2D eigenvalue weighted by atomic mass is 32.2. The van der Waals surface area contributed by atoms with Gasteiger partial charge in [0.15, 0.2) is 15.0 Å². The fourth-order valence-electron chi connectivity index (χ4n) is 6.20. The van der Waals surface area contributed by atoms with Crippen molar-refractivity contribution in [3.63, 3.8) is 0 Å². The number of hydrogen-bond donors (Lipinski definition) is 1. The number of carbonyl (C=O) groups excluding carboxylic acids is 2. The Bertz CT molecular complexity index is 1150. The van der Waals surface area contributed by atoms with E-state index in [1.807, 2.05) is 30.3 Å². The summed E-state index contributed by atoms with van der Waals surface area (Å²) < 4.78 is 30.3. The number of aliphatic imine (C=N–C) groups is 1. The monoisotopic (exact) mass is 533 g/mol. The van der Waals surface area contributed by atoms with Gasteiger partial charge in [-0.15, -0.1) is 0 Å². The van der Waals surface area contributed by atoms with Crippen LogP contribution in [-0.2, 0) is 25.8 Å². The van der Waals surface area contributed by atoms with Crippen molar-refractivity contribution < 1.29 is 22.7 Å². The Hall–Kier alpha value is -2.07. The molecule has 36 heavy (non-hydrogen) atoms. The van der Waals surface area contributed by atoms with Crippen LogP contribution in [-0.4, -0.2) is 71.0 Å². The molecule has 4 aliphatic rings. The molecule has 1 aromatic rings. The van der Waals surface area contributed by atoms with E-state index in [0.29, 0.717) is 17.0 Å². The summed E-state index contributed by atoms with van der Waals surface area (Å²) in [6.45, 7) is 5.32. The summed E-state index contributed by atoms with van der Waals surface area (Å²) in [7, 11) is -3.10. The molecule has 2 aliphatic carbocycles. The van der Waals surface area contributed by atoms with Gasteiger partial charge in [-0.3, -0.25) is 4.79 Å². The molecule has 0 spiro atoms. The van der Waals surface area contributed by atoms with E-state index in [2.05, 4.69) is 15.2 Å². The molecule has 2 amide bonds. The van der Waals surface area contributed by atoms with E-state index in [4.69, 9.17) is 4.74 Å².